The average Bonchev–Trinajstić information content (AvgIpc) is 2.17. The number of carbonyl (C=O) groups is 2. The van der Waals surface area contributed by atoms with Gasteiger partial charge in [-0.15, -0.1) is 0 Å². The molecule has 16 heavy (non-hydrogen) atoms. The van der Waals surface area contributed by atoms with Gasteiger partial charge in [0, 0.05) is 0 Å². The topological polar surface area (TPSA) is 92.4 Å². The van der Waals surface area contributed by atoms with E-state index in [1.807, 2.05) is 30.3 Å². The first kappa shape index (κ1) is 12.2. The van der Waals surface area contributed by atoms with E-state index in [9.17, 15) is 9.59 Å². The van der Waals surface area contributed by atoms with Gasteiger partial charge in [-0.1, -0.05) is 30.3 Å². The third-order valence-corrected chi connectivity index (χ3v) is 1.95. The molecule has 0 bridgehead atoms. The Morgan fingerprint density at radius 2 is 1.94 bits per heavy atom. The number of carbonyl (C=O) groups excluding carboxylic acids is 1. The average molecular weight is 222 g/mol. The summed E-state index contributed by atoms with van der Waals surface area (Å²) in [6, 6.07) is 9.17. The summed E-state index contributed by atoms with van der Waals surface area (Å²) in [5.74, 6) is -1.31. The van der Waals surface area contributed by atoms with Gasteiger partial charge < -0.3 is 16.2 Å². The van der Waals surface area contributed by atoms with Crippen LogP contribution in [0.25, 0.3) is 0 Å². The van der Waals surface area contributed by atoms with Gasteiger partial charge in [0.05, 0.1) is 19.0 Å². The van der Waals surface area contributed by atoms with Crippen molar-refractivity contribution in [3.8, 4) is 0 Å². The molecule has 0 heterocycles. The van der Waals surface area contributed by atoms with Crippen LogP contribution in [0.3, 0.4) is 0 Å². The van der Waals surface area contributed by atoms with E-state index in [0.29, 0.717) is 0 Å². The van der Waals surface area contributed by atoms with Gasteiger partial charge in [-0.25, -0.2) is 0 Å². The molecule has 1 amide bonds. The molecule has 86 valence electrons. The molecule has 1 atom stereocenters. The van der Waals surface area contributed by atoms with Gasteiger partial charge >= 0.3 is 5.97 Å². The van der Waals surface area contributed by atoms with Crippen LogP contribution in [-0.2, 0) is 16.0 Å². The Balaban J connectivity index is 2.39. The van der Waals surface area contributed by atoms with Crippen LogP contribution in [0.15, 0.2) is 30.3 Å². The van der Waals surface area contributed by atoms with Crippen LogP contribution in [0.5, 0.6) is 0 Å². The van der Waals surface area contributed by atoms with Gasteiger partial charge in [0.15, 0.2) is 0 Å². The van der Waals surface area contributed by atoms with Crippen LogP contribution in [0.2, 0.25) is 0 Å². The van der Waals surface area contributed by atoms with E-state index in [4.69, 9.17) is 10.8 Å². The summed E-state index contributed by atoms with van der Waals surface area (Å²) < 4.78 is 0. The van der Waals surface area contributed by atoms with E-state index in [1.54, 1.807) is 0 Å². The molecule has 0 aliphatic heterocycles. The van der Waals surface area contributed by atoms with Crippen molar-refractivity contribution in [1.82, 2.24) is 5.32 Å². The van der Waals surface area contributed by atoms with Gasteiger partial charge in [0.1, 0.15) is 0 Å². The summed E-state index contributed by atoms with van der Waals surface area (Å²) in [7, 11) is 0. The maximum absolute atomic E-state index is 11.4. The minimum absolute atomic E-state index is 0.203. The number of aliphatic carboxylic acids is 1. The smallest absolute Gasteiger partial charge is 0.306 e. The Labute approximate surface area is 93.3 Å². The highest BCUT2D eigenvalue weighted by molar-refractivity contribution is 5.79. The lowest BCUT2D eigenvalue weighted by Crippen LogP contribution is -2.43. The van der Waals surface area contributed by atoms with Gasteiger partial charge in [0.25, 0.3) is 0 Å². The number of nitrogens with two attached hydrogens (primary N) is 1. The molecule has 0 aliphatic carbocycles. The van der Waals surface area contributed by atoms with Crippen molar-refractivity contribution in [3.63, 3.8) is 0 Å². The zero-order valence-corrected chi connectivity index (χ0v) is 8.72. The molecule has 1 unspecified atom stereocenters. The number of rotatable bonds is 5. The monoisotopic (exact) mass is 222 g/mol. The highest BCUT2D eigenvalue weighted by atomic mass is 16.4. The van der Waals surface area contributed by atoms with E-state index < -0.39 is 12.1 Å². The van der Waals surface area contributed by atoms with Crippen molar-refractivity contribution < 1.29 is 14.7 Å². The highest BCUT2D eigenvalue weighted by Gasteiger charge is 2.11. The summed E-state index contributed by atoms with van der Waals surface area (Å²) in [5.41, 5.74) is 6.28. The minimum atomic E-state index is -1.03. The summed E-state index contributed by atoms with van der Waals surface area (Å²) in [6.45, 7) is 0. The Morgan fingerprint density at radius 3 is 2.50 bits per heavy atom. The maximum atomic E-state index is 11.4. The summed E-state index contributed by atoms with van der Waals surface area (Å²) in [5, 5.41) is 10.9. The number of hydrogen-bond donors (Lipinski definition) is 3. The van der Waals surface area contributed by atoms with Crippen LogP contribution < -0.4 is 11.1 Å². The number of benzene rings is 1. The zero-order chi connectivity index (χ0) is 12.0. The van der Waals surface area contributed by atoms with Gasteiger partial charge in [0.2, 0.25) is 5.91 Å². The lowest BCUT2D eigenvalue weighted by atomic mass is 10.1. The highest BCUT2D eigenvalue weighted by Crippen LogP contribution is 1.99. The zero-order valence-electron chi connectivity index (χ0n) is 8.72. The number of amides is 1. The molecule has 0 spiro atoms. The predicted molar refractivity (Wildman–Crippen MR) is 58.5 cm³/mol. The molecule has 0 fully saturated rings. The Kier molecular flexibility index (Phi) is 4.47. The first-order valence-electron chi connectivity index (χ1n) is 4.88. The molecular formula is C11H14N2O3. The minimum Gasteiger partial charge on any atom is -0.481 e. The van der Waals surface area contributed by atoms with Crippen LogP contribution in [0.4, 0.5) is 0 Å². The largest absolute Gasteiger partial charge is 0.481 e. The van der Waals surface area contributed by atoms with Gasteiger partial charge in [-0.2, -0.15) is 0 Å². The summed E-state index contributed by atoms with van der Waals surface area (Å²) >= 11 is 0. The molecule has 5 heteroatoms. The van der Waals surface area contributed by atoms with E-state index >= 15 is 0 Å². The fourth-order valence-corrected chi connectivity index (χ4v) is 1.28. The lowest BCUT2D eigenvalue weighted by molar-refractivity contribution is -0.137. The molecule has 0 aromatic heterocycles. The van der Waals surface area contributed by atoms with Gasteiger partial charge in [-0.3, -0.25) is 9.59 Å². The quantitative estimate of drug-likeness (QED) is 0.616. The standard InChI is InChI=1S/C11H14N2O3/c12-9(7-11(15)16)13-10(14)6-8-4-2-1-3-5-8/h1-5,9H,6-7,12H2,(H,13,14)(H,15,16). The molecule has 1 aromatic carbocycles. The second-order valence-electron chi connectivity index (χ2n) is 3.43. The van der Waals surface area contributed by atoms with Crippen molar-refractivity contribution in [2.75, 3.05) is 0 Å². The number of carboxylic acids is 1. The lowest BCUT2D eigenvalue weighted by Gasteiger charge is -2.11. The van der Waals surface area contributed by atoms with Crippen molar-refractivity contribution in [2.24, 2.45) is 5.73 Å². The number of nitrogens with one attached hydrogen (secondary N) is 1. The van der Waals surface area contributed by atoms with Crippen molar-refractivity contribution in [2.45, 2.75) is 19.0 Å². The molecule has 0 radical (unpaired) electrons. The predicted octanol–water partition coefficient (Wildman–Crippen LogP) is 0.105. The van der Waals surface area contributed by atoms with Crippen LogP contribution >= 0.6 is 0 Å². The molecule has 1 rings (SSSR count). The molecule has 0 saturated carbocycles. The van der Waals surface area contributed by atoms with Crippen LogP contribution in [0, 0.1) is 0 Å². The number of carboxylic acid groups (broad SMARTS) is 1. The molecule has 1 aromatic rings. The fraction of sp³-hybridized carbons (Fsp3) is 0.273. The van der Waals surface area contributed by atoms with E-state index in [1.165, 1.54) is 0 Å². The normalized spacial score (nSPS) is 11.8. The molecule has 0 saturated heterocycles. The number of hydrogen-bond acceptors (Lipinski definition) is 3. The van der Waals surface area contributed by atoms with E-state index in [0.717, 1.165) is 5.56 Å². The second-order valence-corrected chi connectivity index (χ2v) is 3.43. The van der Waals surface area contributed by atoms with Crippen LogP contribution in [-0.4, -0.2) is 23.1 Å². The third-order valence-electron chi connectivity index (χ3n) is 1.95. The summed E-state index contributed by atoms with van der Waals surface area (Å²) in [6.07, 6.45) is -0.914. The van der Waals surface area contributed by atoms with Crippen molar-refractivity contribution in [1.29, 1.82) is 0 Å². The molecule has 4 N–H and O–H groups in total. The van der Waals surface area contributed by atoms with E-state index in [-0.39, 0.29) is 18.7 Å². The second kappa shape index (κ2) is 5.87. The Bertz CT molecular complexity index is 365. The SMILES string of the molecule is NC(CC(=O)O)NC(=O)Cc1ccccc1. The van der Waals surface area contributed by atoms with Crippen molar-refractivity contribution in [3.05, 3.63) is 35.9 Å². The van der Waals surface area contributed by atoms with Crippen LogP contribution in [0.1, 0.15) is 12.0 Å². The molecule has 5 nitrogen and oxygen atoms in total. The van der Waals surface area contributed by atoms with E-state index in [2.05, 4.69) is 5.32 Å². The fourth-order valence-electron chi connectivity index (χ4n) is 1.28. The molecule has 0 aliphatic rings. The summed E-state index contributed by atoms with van der Waals surface area (Å²) in [4.78, 5) is 21.7. The van der Waals surface area contributed by atoms with Crippen molar-refractivity contribution >= 4 is 11.9 Å². The maximum Gasteiger partial charge on any atom is 0.306 e. The first-order valence-corrected chi connectivity index (χ1v) is 4.88. The molecular weight excluding hydrogens is 208 g/mol. The first-order chi connectivity index (χ1) is 7.58. The van der Waals surface area contributed by atoms with Gasteiger partial charge in [-0.05, 0) is 5.56 Å². The Morgan fingerprint density at radius 1 is 1.31 bits per heavy atom. The Hall–Kier alpha value is -1.88. The third kappa shape index (κ3) is 4.56.